The summed E-state index contributed by atoms with van der Waals surface area (Å²) >= 11 is 5.18. The second-order valence-electron chi connectivity index (χ2n) is 4.25. The minimum atomic E-state index is 0.510. The lowest BCUT2D eigenvalue weighted by molar-refractivity contribution is 0.600. The van der Waals surface area contributed by atoms with E-state index in [0.717, 1.165) is 22.4 Å². The molecule has 0 saturated heterocycles. The maximum absolute atomic E-state index is 4.76. The number of halogens is 1. The van der Waals surface area contributed by atoms with Crippen molar-refractivity contribution < 1.29 is 0 Å². The van der Waals surface area contributed by atoms with Gasteiger partial charge in [0.15, 0.2) is 0 Å². The summed E-state index contributed by atoms with van der Waals surface area (Å²) in [6, 6.07) is 8.32. The van der Waals surface area contributed by atoms with Gasteiger partial charge in [-0.05, 0) is 25.6 Å². The molecule has 4 heteroatoms. The van der Waals surface area contributed by atoms with Crippen LogP contribution in [0.4, 0.5) is 0 Å². The number of benzene rings is 1. The van der Waals surface area contributed by atoms with Crippen molar-refractivity contribution in [3.8, 4) is 10.6 Å². The first-order valence-electron chi connectivity index (χ1n) is 6.10. The number of rotatable bonds is 5. The number of hydrogen-bond acceptors (Lipinski definition) is 3. The van der Waals surface area contributed by atoms with E-state index in [1.165, 1.54) is 11.3 Å². The van der Waals surface area contributed by atoms with Crippen molar-refractivity contribution in [3.05, 3.63) is 39.8 Å². The number of aromatic nitrogens is 1. The number of likely N-dealkylation sites (N-methyl/N-ethyl adjacent to an activating group) is 1. The zero-order chi connectivity index (χ0) is 13.0. The molecule has 96 valence electrons. The standard InChI is InChI=1S/C14H17BrN2S/c1-3-10(8-16-2)13-9-18-14(17-13)11-4-6-12(15)7-5-11/h4-7,9-10,16H,3,8H2,1-2H3. The van der Waals surface area contributed by atoms with Crippen LogP contribution in [0.3, 0.4) is 0 Å². The molecule has 0 fully saturated rings. The van der Waals surface area contributed by atoms with Gasteiger partial charge in [-0.2, -0.15) is 0 Å². The fourth-order valence-electron chi connectivity index (χ4n) is 1.90. The molecule has 0 saturated carbocycles. The lowest BCUT2D eigenvalue weighted by Gasteiger charge is -2.10. The smallest absolute Gasteiger partial charge is 0.123 e. The van der Waals surface area contributed by atoms with Gasteiger partial charge in [0.1, 0.15) is 5.01 Å². The minimum absolute atomic E-state index is 0.510. The summed E-state index contributed by atoms with van der Waals surface area (Å²) in [5.74, 6) is 0.510. The van der Waals surface area contributed by atoms with Gasteiger partial charge in [-0.15, -0.1) is 11.3 Å². The normalized spacial score (nSPS) is 12.6. The molecule has 0 bridgehead atoms. The molecule has 0 aliphatic carbocycles. The number of hydrogen-bond donors (Lipinski definition) is 1. The molecule has 2 aromatic rings. The first-order chi connectivity index (χ1) is 8.74. The molecule has 1 unspecified atom stereocenters. The monoisotopic (exact) mass is 324 g/mol. The van der Waals surface area contributed by atoms with E-state index in [2.05, 4.69) is 57.8 Å². The molecular formula is C14H17BrN2S. The third-order valence-corrected chi connectivity index (χ3v) is 4.41. The quantitative estimate of drug-likeness (QED) is 0.887. The molecule has 0 aliphatic rings. The molecule has 1 aromatic heterocycles. The lowest BCUT2D eigenvalue weighted by Crippen LogP contribution is -2.16. The second kappa shape index (κ2) is 6.45. The van der Waals surface area contributed by atoms with Gasteiger partial charge in [0.2, 0.25) is 0 Å². The van der Waals surface area contributed by atoms with Crippen LogP contribution in [-0.4, -0.2) is 18.6 Å². The van der Waals surface area contributed by atoms with Crippen LogP contribution in [0.2, 0.25) is 0 Å². The third-order valence-electron chi connectivity index (χ3n) is 2.97. The Morgan fingerprint density at radius 3 is 2.67 bits per heavy atom. The highest BCUT2D eigenvalue weighted by atomic mass is 79.9. The Bertz CT molecular complexity index is 493. The zero-order valence-electron chi connectivity index (χ0n) is 10.6. The van der Waals surface area contributed by atoms with E-state index in [4.69, 9.17) is 4.98 Å². The Kier molecular flexibility index (Phi) is 4.92. The summed E-state index contributed by atoms with van der Waals surface area (Å²) in [5, 5.41) is 6.52. The van der Waals surface area contributed by atoms with Crippen LogP contribution in [0, 0.1) is 0 Å². The van der Waals surface area contributed by atoms with E-state index >= 15 is 0 Å². The van der Waals surface area contributed by atoms with Crippen molar-refractivity contribution in [1.29, 1.82) is 0 Å². The second-order valence-corrected chi connectivity index (χ2v) is 6.02. The highest BCUT2D eigenvalue weighted by Crippen LogP contribution is 2.28. The highest BCUT2D eigenvalue weighted by Gasteiger charge is 2.13. The molecule has 1 aromatic carbocycles. The van der Waals surface area contributed by atoms with E-state index in [1.54, 1.807) is 11.3 Å². The van der Waals surface area contributed by atoms with Crippen LogP contribution in [-0.2, 0) is 0 Å². The number of nitrogens with zero attached hydrogens (tertiary/aromatic N) is 1. The molecule has 1 N–H and O–H groups in total. The molecule has 1 heterocycles. The minimum Gasteiger partial charge on any atom is -0.319 e. The predicted octanol–water partition coefficient (Wildman–Crippen LogP) is 4.29. The first kappa shape index (κ1) is 13.7. The summed E-state index contributed by atoms with van der Waals surface area (Å²) in [4.78, 5) is 4.76. The summed E-state index contributed by atoms with van der Waals surface area (Å²) < 4.78 is 1.10. The van der Waals surface area contributed by atoms with E-state index in [-0.39, 0.29) is 0 Å². The fourth-order valence-corrected chi connectivity index (χ4v) is 3.08. The first-order valence-corrected chi connectivity index (χ1v) is 7.77. The molecule has 2 nitrogen and oxygen atoms in total. The van der Waals surface area contributed by atoms with Crippen molar-refractivity contribution in [2.45, 2.75) is 19.3 Å². The summed E-state index contributed by atoms with van der Waals surface area (Å²) in [5.41, 5.74) is 2.39. The van der Waals surface area contributed by atoms with Crippen molar-refractivity contribution in [1.82, 2.24) is 10.3 Å². The van der Waals surface area contributed by atoms with Gasteiger partial charge in [-0.25, -0.2) is 4.98 Å². The predicted molar refractivity (Wildman–Crippen MR) is 82.2 cm³/mol. The van der Waals surface area contributed by atoms with Crippen molar-refractivity contribution >= 4 is 27.3 Å². The molecule has 0 aliphatic heterocycles. The molecule has 18 heavy (non-hydrogen) atoms. The summed E-state index contributed by atoms with van der Waals surface area (Å²) in [6.45, 7) is 3.20. The van der Waals surface area contributed by atoms with Crippen molar-refractivity contribution in [3.63, 3.8) is 0 Å². The van der Waals surface area contributed by atoms with Crippen LogP contribution < -0.4 is 5.32 Å². The molecular weight excluding hydrogens is 308 g/mol. The molecule has 0 spiro atoms. The van der Waals surface area contributed by atoms with Crippen molar-refractivity contribution in [2.24, 2.45) is 0 Å². The molecule has 1 atom stereocenters. The lowest BCUT2D eigenvalue weighted by atomic mass is 10.0. The van der Waals surface area contributed by atoms with E-state index < -0.39 is 0 Å². The van der Waals surface area contributed by atoms with Gasteiger partial charge in [0.25, 0.3) is 0 Å². The van der Waals surface area contributed by atoms with Gasteiger partial charge >= 0.3 is 0 Å². The van der Waals surface area contributed by atoms with Gasteiger partial charge in [-0.3, -0.25) is 0 Å². The van der Waals surface area contributed by atoms with Gasteiger partial charge in [0.05, 0.1) is 5.69 Å². The van der Waals surface area contributed by atoms with Crippen LogP contribution in [0.15, 0.2) is 34.1 Å². The Balaban J connectivity index is 2.21. The SMILES string of the molecule is CCC(CNC)c1csc(-c2ccc(Br)cc2)n1. The average molecular weight is 325 g/mol. The molecule has 0 radical (unpaired) electrons. The van der Waals surface area contributed by atoms with E-state index in [9.17, 15) is 0 Å². The van der Waals surface area contributed by atoms with E-state index in [0.29, 0.717) is 5.92 Å². The van der Waals surface area contributed by atoms with Crippen LogP contribution in [0.1, 0.15) is 25.0 Å². The number of thiazole rings is 1. The van der Waals surface area contributed by atoms with Crippen molar-refractivity contribution in [2.75, 3.05) is 13.6 Å². The Morgan fingerprint density at radius 1 is 1.33 bits per heavy atom. The average Bonchev–Trinajstić information content (AvgIpc) is 2.86. The molecule has 0 amide bonds. The van der Waals surface area contributed by atoms with Gasteiger partial charge in [-0.1, -0.05) is 35.0 Å². The number of nitrogens with one attached hydrogen (secondary N) is 1. The zero-order valence-corrected chi connectivity index (χ0v) is 13.0. The fraction of sp³-hybridized carbons (Fsp3) is 0.357. The van der Waals surface area contributed by atoms with Crippen LogP contribution >= 0.6 is 27.3 Å². The largest absolute Gasteiger partial charge is 0.319 e. The third kappa shape index (κ3) is 3.19. The Hall–Kier alpha value is -0.710. The Morgan fingerprint density at radius 2 is 2.06 bits per heavy atom. The maximum atomic E-state index is 4.76. The van der Waals surface area contributed by atoms with Crippen LogP contribution in [0.5, 0.6) is 0 Å². The topological polar surface area (TPSA) is 24.9 Å². The van der Waals surface area contributed by atoms with E-state index in [1.807, 2.05) is 7.05 Å². The summed E-state index contributed by atoms with van der Waals surface area (Å²) in [6.07, 6.45) is 1.12. The van der Waals surface area contributed by atoms with Gasteiger partial charge < -0.3 is 5.32 Å². The van der Waals surface area contributed by atoms with Crippen LogP contribution in [0.25, 0.3) is 10.6 Å². The summed E-state index contributed by atoms with van der Waals surface area (Å²) in [7, 11) is 1.99. The molecule has 2 rings (SSSR count). The Labute approximate surface area is 121 Å². The highest BCUT2D eigenvalue weighted by molar-refractivity contribution is 9.10. The maximum Gasteiger partial charge on any atom is 0.123 e. The van der Waals surface area contributed by atoms with Gasteiger partial charge in [0, 0.05) is 27.9 Å².